The number of fused-ring (bicyclic) bond motifs is 1. The highest BCUT2D eigenvalue weighted by Gasteiger charge is 2.28. The quantitative estimate of drug-likeness (QED) is 0.663. The van der Waals surface area contributed by atoms with Crippen LogP contribution in [0.4, 0.5) is 0 Å². The summed E-state index contributed by atoms with van der Waals surface area (Å²) in [5.74, 6) is 0.790. The molecule has 3 aromatic rings. The highest BCUT2D eigenvalue weighted by Crippen LogP contribution is 2.29. The average Bonchev–Trinajstić information content (AvgIpc) is 3.02. The molecule has 1 aliphatic rings. The van der Waals surface area contributed by atoms with Gasteiger partial charge in [0.05, 0.1) is 17.3 Å². The molecule has 4 rings (SSSR count). The Labute approximate surface area is 183 Å². The second-order valence-corrected chi connectivity index (χ2v) is 8.92. The zero-order valence-electron chi connectivity index (χ0n) is 18.9. The first-order valence-corrected chi connectivity index (χ1v) is 11.4. The largest absolute Gasteiger partial charge is 0.352 e. The molecule has 1 amide bonds. The Bertz CT molecular complexity index is 1140. The summed E-state index contributed by atoms with van der Waals surface area (Å²) in [6.07, 6.45) is 6.82. The summed E-state index contributed by atoms with van der Waals surface area (Å²) in [5, 5.41) is 9.14. The van der Waals surface area contributed by atoms with Crippen LogP contribution in [0.25, 0.3) is 16.5 Å². The van der Waals surface area contributed by atoms with E-state index in [2.05, 4.69) is 17.3 Å². The van der Waals surface area contributed by atoms with Crippen LogP contribution in [-0.2, 0) is 4.79 Å². The van der Waals surface area contributed by atoms with Gasteiger partial charge in [0.25, 0.3) is 5.56 Å². The number of aromatic nitrogens is 3. The molecule has 1 N–H and O–H groups in total. The van der Waals surface area contributed by atoms with E-state index < -0.39 is 0 Å². The fourth-order valence-electron chi connectivity index (χ4n) is 4.99. The first kappa shape index (κ1) is 21.3. The number of para-hydroxylation sites is 1. The molecular weight excluding hydrogens is 388 g/mol. The number of hydrogen-bond donors (Lipinski definition) is 1. The molecule has 2 aromatic heterocycles. The summed E-state index contributed by atoms with van der Waals surface area (Å²) in [5.41, 5.74) is 2.32. The van der Waals surface area contributed by atoms with E-state index in [0.717, 1.165) is 54.1 Å². The van der Waals surface area contributed by atoms with Crippen LogP contribution in [-0.4, -0.2) is 26.3 Å². The topological polar surface area (TPSA) is 68.9 Å². The van der Waals surface area contributed by atoms with Crippen molar-refractivity contribution in [3.8, 4) is 5.69 Å². The molecule has 0 bridgehead atoms. The van der Waals surface area contributed by atoms with E-state index >= 15 is 0 Å². The van der Waals surface area contributed by atoms with Crippen molar-refractivity contribution < 1.29 is 4.79 Å². The fraction of sp³-hybridized carbons (Fsp3) is 0.480. The molecule has 0 unspecified atom stereocenters. The minimum atomic E-state index is -0.337. The Morgan fingerprint density at radius 3 is 2.45 bits per heavy atom. The van der Waals surface area contributed by atoms with Crippen molar-refractivity contribution in [2.24, 2.45) is 5.92 Å². The molecule has 1 atom stereocenters. The maximum atomic E-state index is 13.3. The molecule has 0 spiro atoms. The maximum absolute atomic E-state index is 13.3. The SMILES string of the molecule is CC[C@H](C(=O)NC1CCC(C)CC1)n1c(C)c2cnn(-c3ccccc3)c(=O)c2c1C. The maximum Gasteiger partial charge on any atom is 0.281 e. The second-order valence-electron chi connectivity index (χ2n) is 8.92. The molecule has 0 saturated heterocycles. The third-order valence-electron chi connectivity index (χ3n) is 6.82. The highest BCUT2D eigenvalue weighted by molar-refractivity contribution is 5.89. The molecule has 1 saturated carbocycles. The lowest BCUT2D eigenvalue weighted by atomic mass is 9.87. The van der Waals surface area contributed by atoms with Crippen molar-refractivity contribution in [3.63, 3.8) is 0 Å². The van der Waals surface area contributed by atoms with E-state index in [1.807, 2.05) is 55.7 Å². The van der Waals surface area contributed by atoms with Gasteiger partial charge in [-0.3, -0.25) is 9.59 Å². The Morgan fingerprint density at radius 2 is 1.81 bits per heavy atom. The second kappa shape index (κ2) is 8.69. The molecular formula is C25H32N4O2. The van der Waals surface area contributed by atoms with Gasteiger partial charge in [-0.1, -0.05) is 32.0 Å². The van der Waals surface area contributed by atoms with Crippen LogP contribution in [0.3, 0.4) is 0 Å². The third-order valence-corrected chi connectivity index (χ3v) is 6.82. The summed E-state index contributed by atoms with van der Waals surface area (Å²) < 4.78 is 3.47. The monoisotopic (exact) mass is 420 g/mol. The molecule has 6 nitrogen and oxygen atoms in total. The van der Waals surface area contributed by atoms with Crippen molar-refractivity contribution in [3.05, 3.63) is 58.3 Å². The standard InChI is InChI=1S/C25H32N4O2/c1-5-22(24(30)27-19-13-11-16(2)12-14-19)28-17(3)21-15-26-29(20-9-7-6-8-10-20)25(31)23(21)18(28)4/h6-10,15-16,19,22H,5,11-14H2,1-4H3,(H,27,30)/t16?,19?,22-/m1/s1. The first-order chi connectivity index (χ1) is 14.9. The number of carbonyl (C=O) groups is 1. The number of carbonyl (C=O) groups excluding carboxylic acids is 1. The summed E-state index contributed by atoms with van der Waals surface area (Å²) in [6, 6.07) is 9.34. The van der Waals surface area contributed by atoms with Gasteiger partial charge in [-0.05, 0) is 64.0 Å². The third kappa shape index (κ3) is 3.91. The van der Waals surface area contributed by atoms with Crippen molar-refractivity contribution >= 4 is 16.7 Å². The van der Waals surface area contributed by atoms with Gasteiger partial charge in [0.15, 0.2) is 0 Å². The van der Waals surface area contributed by atoms with E-state index in [4.69, 9.17) is 0 Å². The summed E-state index contributed by atoms with van der Waals surface area (Å²) in [7, 11) is 0. The molecule has 164 valence electrons. The Kier molecular flexibility index (Phi) is 5.99. The van der Waals surface area contributed by atoms with Crippen LogP contribution >= 0.6 is 0 Å². The van der Waals surface area contributed by atoms with Gasteiger partial charge in [0.2, 0.25) is 5.91 Å². The summed E-state index contributed by atoms with van der Waals surface area (Å²) in [4.78, 5) is 26.6. The van der Waals surface area contributed by atoms with E-state index in [0.29, 0.717) is 11.8 Å². The van der Waals surface area contributed by atoms with E-state index in [-0.39, 0.29) is 23.6 Å². The van der Waals surface area contributed by atoms with Gasteiger partial charge in [-0.25, -0.2) is 0 Å². The molecule has 1 aliphatic carbocycles. The number of rotatable bonds is 5. The van der Waals surface area contributed by atoms with Crippen LogP contribution in [0.1, 0.15) is 63.4 Å². The highest BCUT2D eigenvalue weighted by atomic mass is 16.2. The summed E-state index contributed by atoms with van der Waals surface area (Å²) >= 11 is 0. The van der Waals surface area contributed by atoms with Gasteiger partial charge < -0.3 is 9.88 Å². The van der Waals surface area contributed by atoms with E-state index in [1.165, 1.54) is 4.68 Å². The molecule has 0 aliphatic heterocycles. The van der Waals surface area contributed by atoms with Gasteiger partial charge in [0, 0.05) is 22.8 Å². The lowest BCUT2D eigenvalue weighted by molar-refractivity contribution is -0.125. The zero-order chi connectivity index (χ0) is 22.1. The minimum Gasteiger partial charge on any atom is -0.352 e. The van der Waals surface area contributed by atoms with Crippen molar-refractivity contribution in [1.82, 2.24) is 19.7 Å². The Balaban J connectivity index is 1.72. The van der Waals surface area contributed by atoms with Gasteiger partial charge in [-0.2, -0.15) is 9.78 Å². The van der Waals surface area contributed by atoms with Crippen LogP contribution in [0.5, 0.6) is 0 Å². The van der Waals surface area contributed by atoms with Crippen LogP contribution in [0.2, 0.25) is 0 Å². The molecule has 0 radical (unpaired) electrons. The molecule has 2 heterocycles. The number of nitrogens with one attached hydrogen (secondary N) is 1. The van der Waals surface area contributed by atoms with Crippen LogP contribution in [0, 0.1) is 19.8 Å². The summed E-state index contributed by atoms with van der Waals surface area (Å²) in [6.45, 7) is 8.21. The van der Waals surface area contributed by atoms with Crippen molar-refractivity contribution in [1.29, 1.82) is 0 Å². The number of aryl methyl sites for hydroxylation is 2. The number of benzene rings is 1. The van der Waals surface area contributed by atoms with Crippen LogP contribution in [0.15, 0.2) is 41.3 Å². The minimum absolute atomic E-state index is 0.0462. The van der Waals surface area contributed by atoms with Gasteiger partial charge >= 0.3 is 0 Å². The van der Waals surface area contributed by atoms with Gasteiger partial charge in [0.1, 0.15) is 6.04 Å². The fourth-order valence-corrected chi connectivity index (χ4v) is 4.99. The van der Waals surface area contributed by atoms with Crippen molar-refractivity contribution in [2.45, 2.75) is 71.9 Å². The average molecular weight is 421 g/mol. The molecule has 1 aromatic carbocycles. The van der Waals surface area contributed by atoms with E-state index in [9.17, 15) is 9.59 Å². The smallest absolute Gasteiger partial charge is 0.281 e. The number of nitrogens with zero attached hydrogens (tertiary/aromatic N) is 3. The molecule has 31 heavy (non-hydrogen) atoms. The number of hydrogen-bond acceptors (Lipinski definition) is 3. The predicted molar refractivity (Wildman–Crippen MR) is 124 cm³/mol. The Hall–Kier alpha value is -2.89. The number of amides is 1. The molecule has 1 fully saturated rings. The van der Waals surface area contributed by atoms with E-state index in [1.54, 1.807) is 6.20 Å². The Morgan fingerprint density at radius 1 is 1.13 bits per heavy atom. The molecule has 6 heteroatoms. The van der Waals surface area contributed by atoms with Crippen molar-refractivity contribution in [2.75, 3.05) is 0 Å². The lowest BCUT2D eigenvalue weighted by Crippen LogP contribution is -2.41. The first-order valence-electron chi connectivity index (χ1n) is 11.4. The van der Waals surface area contributed by atoms with Crippen LogP contribution < -0.4 is 10.9 Å². The lowest BCUT2D eigenvalue weighted by Gasteiger charge is -2.29. The predicted octanol–water partition coefficient (Wildman–Crippen LogP) is 4.45. The zero-order valence-corrected chi connectivity index (χ0v) is 18.9. The normalized spacial score (nSPS) is 20.0. The van der Waals surface area contributed by atoms with Gasteiger partial charge in [-0.15, -0.1) is 0 Å².